The van der Waals surface area contributed by atoms with Gasteiger partial charge in [0.25, 0.3) is 0 Å². The maximum Gasteiger partial charge on any atom is 0.125 e. The highest BCUT2D eigenvalue weighted by Crippen LogP contribution is 2.43. The zero-order valence-corrected chi connectivity index (χ0v) is 64.3. The lowest BCUT2D eigenvalue weighted by Gasteiger charge is -2.27. The van der Waals surface area contributed by atoms with Crippen molar-refractivity contribution in [3.63, 3.8) is 0 Å². The van der Waals surface area contributed by atoms with E-state index in [1.54, 1.807) is 0 Å². The maximum atomic E-state index is 7.32. The van der Waals surface area contributed by atoms with Gasteiger partial charge in [0.2, 0.25) is 0 Å². The molecule has 0 saturated carbocycles. The summed E-state index contributed by atoms with van der Waals surface area (Å²) in [6.45, 7) is 34.7. The number of rotatable bonds is 30. The van der Waals surface area contributed by atoms with E-state index in [2.05, 4.69) is 156 Å². The summed E-state index contributed by atoms with van der Waals surface area (Å²) >= 11 is 0. The molecule has 0 fully saturated rings. The SMILES string of the molecule is CCCCOc1ccc2c3c(OCCCC)ccc2c1COCc1c(CC)c2c(CC)c(c1CC)COCc1c(OCCCC)ccc4c(c(OCCCC)ccc14)COCc1c(CC)c(c(CC)c(c1CC)COCc1c(OCCCC)ccc4c(c(OCCCC)ccc14)COC2)COC3. The average molecular weight is 1390 g/mol. The first-order chi connectivity index (χ1) is 50.2. The Hall–Kier alpha value is -6.90. The lowest BCUT2D eigenvalue weighted by atomic mass is 9.84. The third-order valence-corrected chi connectivity index (χ3v) is 21.0. The topological polar surface area (TPSA) is 111 Å². The van der Waals surface area contributed by atoms with E-state index in [0.717, 1.165) is 216 Å². The predicted octanol–water partition coefficient (Wildman–Crippen LogP) is 22.5. The van der Waals surface area contributed by atoms with Gasteiger partial charge in [0, 0.05) is 33.4 Å². The highest BCUT2D eigenvalue weighted by atomic mass is 16.5. The zero-order chi connectivity index (χ0) is 71.7. The quantitative estimate of drug-likeness (QED) is 0.0400. The highest BCUT2D eigenvalue weighted by molar-refractivity contribution is 5.94. The molecule has 0 aromatic heterocycles. The maximum absolute atomic E-state index is 7.32. The van der Waals surface area contributed by atoms with Gasteiger partial charge in [0.05, 0.1) is 119 Å². The molecule has 3 aliphatic rings. The van der Waals surface area contributed by atoms with E-state index in [1.807, 2.05) is 0 Å². The van der Waals surface area contributed by atoms with Gasteiger partial charge in [-0.15, -0.1) is 0 Å². The number of fused-ring (bicyclic) bond motifs is 12. The average Bonchev–Trinajstić information content (AvgIpc) is 0.780. The summed E-state index contributed by atoms with van der Waals surface area (Å²) in [6.07, 6.45) is 16.4. The molecule has 12 nitrogen and oxygen atoms in total. The van der Waals surface area contributed by atoms with Gasteiger partial charge in [0.15, 0.2) is 0 Å². The van der Waals surface area contributed by atoms with E-state index in [0.29, 0.717) is 119 Å². The van der Waals surface area contributed by atoms with Crippen molar-refractivity contribution in [1.29, 1.82) is 0 Å². The fraction of sp³-hybridized carbons (Fsp3) is 0.533. The van der Waals surface area contributed by atoms with Crippen molar-refractivity contribution >= 4 is 32.3 Å². The van der Waals surface area contributed by atoms with Crippen LogP contribution in [0.15, 0.2) is 72.8 Å². The molecule has 3 aliphatic heterocycles. The molecule has 18 bridgehead atoms. The molecule has 0 amide bonds. The molecule has 0 N–H and O–H groups in total. The van der Waals surface area contributed by atoms with Gasteiger partial charge in [-0.05, 0) is 213 Å². The Bertz CT molecular complexity index is 3330. The molecule has 0 radical (unpaired) electrons. The Morgan fingerprint density at radius 3 is 0.461 bits per heavy atom. The van der Waals surface area contributed by atoms with E-state index >= 15 is 0 Å². The smallest absolute Gasteiger partial charge is 0.125 e. The lowest BCUT2D eigenvalue weighted by molar-refractivity contribution is 0.0946. The van der Waals surface area contributed by atoms with Crippen LogP contribution in [0.1, 0.15) is 260 Å². The van der Waals surface area contributed by atoms with Crippen LogP contribution in [0.25, 0.3) is 32.3 Å². The standard InChI is InChI=1S/C90H120O12/c1-13-25-43-97-85-37-31-68-67-32-38-86(98-44-26-14-2)80(68)56-92-50-76-64(22-10)77-53-95-59-83-71-35-39-87(99-45-27-15-3)81(69(71)33-41-89(83)101-47-29-17-5)57-93-51-74-61(19-7)73(49-91-55-79(67)85)62(20-8)75(63(74)21-9)52-94-58-82-70-34-42-90(102-48-30-18-6)84(72(70)36-40-88(82)100-46-28-16-4)60-96-54-78(65(76)23-11)66(77)24-12/h31-42H,13-30,43-60H2,1-12H3. The molecule has 102 heavy (non-hydrogen) atoms. The Balaban J connectivity index is 1.26. The fourth-order valence-corrected chi connectivity index (χ4v) is 15.5. The van der Waals surface area contributed by atoms with Gasteiger partial charge >= 0.3 is 0 Å². The molecule has 3 heterocycles. The molecule has 0 saturated heterocycles. The van der Waals surface area contributed by atoms with Crippen LogP contribution in [0.5, 0.6) is 34.5 Å². The van der Waals surface area contributed by atoms with E-state index in [4.69, 9.17) is 56.8 Å². The minimum Gasteiger partial charge on any atom is -0.493 e. The van der Waals surface area contributed by atoms with Gasteiger partial charge in [-0.2, -0.15) is 0 Å². The van der Waals surface area contributed by atoms with E-state index < -0.39 is 0 Å². The molecule has 0 spiro atoms. The van der Waals surface area contributed by atoms with Crippen LogP contribution in [0, 0.1) is 0 Å². The molecule has 0 aliphatic carbocycles. The normalized spacial score (nSPS) is 14.1. The van der Waals surface area contributed by atoms with Crippen LogP contribution in [0.4, 0.5) is 0 Å². The molecule has 8 aromatic rings. The van der Waals surface area contributed by atoms with Crippen molar-refractivity contribution in [3.8, 4) is 34.5 Å². The van der Waals surface area contributed by atoms with Gasteiger partial charge < -0.3 is 56.8 Å². The minimum absolute atomic E-state index is 0.318. The van der Waals surface area contributed by atoms with Crippen molar-refractivity contribution in [2.24, 2.45) is 0 Å². The van der Waals surface area contributed by atoms with Crippen molar-refractivity contribution in [2.45, 2.75) is 278 Å². The summed E-state index contributed by atoms with van der Waals surface area (Å²) < 4.78 is 84.6. The van der Waals surface area contributed by atoms with Crippen molar-refractivity contribution in [3.05, 3.63) is 173 Å². The Morgan fingerprint density at radius 1 is 0.196 bits per heavy atom. The molecule has 8 aromatic carbocycles. The monoisotopic (exact) mass is 1390 g/mol. The predicted molar refractivity (Wildman–Crippen MR) is 414 cm³/mol. The first-order valence-corrected chi connectivity index (χ1v) is 39.5. The molecule has 0 atom stereocenters. The number of unbranched alkanes of at least 4 members (excludes halogenated alkanes) is 6. The van der Waals surface area contributed by atoms with E-state index in [1.165, 1.54) is 66.8 Å². The minimum atomic E-state index is 0.318. The summed E-state index contributed by atoms with van der Waals surface area (Å²) in [7, 11) is 0. The third-order valence-electron chi connectivity index (χ3n) is 21.0. The van der Waals surface area contributed by atoms with Crippen LogP contribution in [-0.4, -0.2) is 39.6 Å². The molecular weight excluding hydrogens is 1270 g/mol. The molecule has 0 unspecified atom stereocenters. The van der Waals surface area contributed by atoms with Crippen LogP contribution >= 0.6 is 0 Å². The Labute approximate surface area is 611 Å². The van der Waals surface area contributed by atoms with E-state index in [-0.39, 0.29) is 0 Å². The summed E-state index contributed by atoms with van der Waals surface area (Å²) in [5.41, 5.74) is 20.7. The molecular formula is C90H120O12. The van der Waals surface area contributed by atoms with Gasteiger partial charge in [-0.3, -0.25) is 0 Å². The summed E-state index contributed by atoms with van der Waals surface area (Å²) in [5, 5.41) is 6.38. The first kappa shape index (κ1) is 77.7. The van der Waals surface area contributed by atoms with E-state index in [9.17, 15) is 0 Å². The van der Waals surface area contributed by atoms with Crippen LogP contribution < -0.4 is 28.4 Å². The Kier molecular flexibility index (Phi) is 30.3. The van der Waals surface area contributed by atoms with Crippen molar-refractivity contribution < 1.29 is 56.8 Å². The second-order valence-corrected chi connectivity index (χ2v) is 27.6. The second-order valence-electron chi connectivity index (χ2n) is 27.6. The second kappa shape index (κ2) is 39.8. The van der Waals surface area contributed by atoms with Crippen LogP contribution in [-0.2, 0) is 146 Å². The number of ether oxygens (including phenoxy) is 12. The summed E-state index contributed by atoms with van der Waals surface area (Å²) in [5.74, 6) is 4.99. The van der Waals surface area contributed by atoms with Crippen LogP contribution in [0.3, 0.4) is 0 Å². The first-order valence-electron chi connectivity index (χ1n) is 39.5. The summed E-state index contributed by atoms with van der Waals surface area (Å²) in [4.78, 5) is 0. The number of benzene rings is 8. The number of hydrogen-bond donors (Lipinski definition) is 0. The van der Waals surface area contributed by atoms with Gasteiger partial charge in [0.1, 0.15) is 34.5 Å². The van der Waals surface area contributed by atoms with Gasteiger partial charge in [-0.25, -0.2) is 0 Å². The van der Waals surface area contributed by atoms with Crippen molar-refractivity contribution in [1.82, 2.24) is 0 Å². The zero-order valence-electron chi connectivity index (χ0n) is 64.3. The largest absolute Gasteiger partial charge is 0.493 e. The lowest BCUT2D eigenvalue weighted by Crippen LogP contribution is -2.16. The Morgan fingerprint density at radius 2 is 0.333 bits per heavy atom. The summed E-state index contributed by atoms with van der Waals surface area (Å²) in [6, 6.07) is 26.2. The number of hydrogen-bond acceptors (Lipinski definition) is 12. The molecule has 552 valence electrons. The van der Waals surface area contributed by atoms with Crippen LogP contribution in [0.2, 0.25) is 0 Å². The van der Waals surface area contributed by atoms with Gasteiger partial charge in [-0.1, -0.05) is 158 Å². The van der Waals surface area contributed by atoms with Crippen molar-refractivity contribution in [2.75, 3.05) is 39.6 Å². The third kappa shape index (κ3) is 18.1. The fourth-order valence-electron chi connectivity index (χ4n) is 15.5. The highest BCUT2D eigenvalue weighted by Gasteiger charge is 2.28. The molecule has 12 heteroatoms. The molecule has 11 rings (SSSR count).